The van der Waals surface area contributed by atoms with Gasteiger partial charge in [-0.25, -0.2) is 0 Å². The SMILES string of the molecule is N#CCCN(C1CC1)C1CCOC2(CCCC2)C1. The molecule has 2 aliphatic carbocycles. The lowest BCUT2D eigenvalue weighted by molar-refractivity contribution is -0.102. The Balaban J connectivity index is 1.64. The largest absolute Gasteiger partial charge is 0.375 e. The van der Waals surface area contributed by atoms with Gasteiger partial charge >= 0.3 is 0 Å². The fourth-order valence-corrected chi connectivity index (χ4v) is 3.90. The van der Waals surface area contributed by atoms with E-state index in [4.69, 9.17) is 10.00 Å². The molecule has 3 heteroatoms. The average Bonchev–Trinajstić information content (AvgIpc) is 3.13. The van der Waals surface area contributed by atoms with Crippen LogP contribution in [0.1, 0.15) is 57.8 Å². The molecule has 1 heterocycles. The van der Waals surface area contributed by atoms with E-state index in [9.17, 15) is 0 Å². The predicted molar refractivity (Wildman–Crippen MR) is 70.1 cm³/mol. The number of nitriles is 1. The van der Waals surface area contributed by atoms with E-state index in [1.807, 2.05) is 0 Å². The Labute approximate surface area is 110 Å². The van der Waals surface area contributed by atoms with Crippen molar-refractivity contribution in [1.29, 1.82) is 5.26 Å². The number of nitrogens with zero attached hydrogens (tertiary/aromatic N) is 2. The van der Waals surface area contributed by atoms with Crippen molar-refractivity contribution in [2.75, 3.05) is 13.2 Å². The molecule has 0 N–H and O–H groups in total. The number of hydrogen-bond donors (Lipinski definition) is 0. The zero-order valence-electron chi connectivity index (χ0n) is 11.2. The Kier molecular flexibility index (Phi) is 3.59. The van der Waals surface area contributed by atoms with Crippen LogP contribution in [0, 0.1) is 11.3 Å². The number of hydrogen-bond acceptors (Lipinski definition) is 3. The molecule has 1 atom stereocenters. The van der Waals surface area contributed by atoms with Crippen LogP contribution >= 0.6 is 0 Å². The normalized spacial score (nSPS) is 30.8. The van der Waals surface area contributed by atoms with Gasteiger partial charge in [-0.05, 0) is 38.5 Å². The van der Waals surface area contributed by atoms with Crippen molar-refractivity contribution in [1.82, 2.24) is 4.90 Å². The van der Waals surface area contributed by atoms with Crippen LogP contribution in [0.2, 0.25) is 0 Å². The monoisotopic (exact) mass is 248 g/mol. The summed E-state index contributed by atoms with van der Waals surface area (Å²) in [7, 11) is 0. The van der Waals surface area contributed by atoms with E-state index in [-0.39, 0.29) is 5.60 Å². The minimum absolute atomic E-state index is 0.211. The predicted octanol–water partition coefficient (Wildman–Crippen LogP) is 2.86. The quantitative estimate of drug-likeness (QED) is 0.767. The van der Waals surface area contributed by atoms with Crippen LogP contribution < -0.4 is 0 Å². The molecule has 3 aliphatic rings. The van der Waals surface area contributed by atoms with Gasteiger partial charge in [0.25, 0.3) is 0 Å². The molecule has 18 heavy (non-hydrogen) atoms. The van der Waals surface area contributed by atoms with Gasteiger partial charge in [-0.3, -0.25) is 4.90 Å². The molecule has 3 rings (SSSR count). The van der Waals surface area contributed by atoms with E-state index in [0.717, 1.165) is 19.2 Å². The Bertz CT molecular complexity index is 326. The lowest BCUT2D eigenvalue weighted by Crippen LogP contribution is -2.48. The van der Waals surface area contributed by atoms with E-state index >= 15 is 0 Å². The van der Waals surface area contributed by atoms with E-state index in [1.54, 1.807) is 0 Å². The van der Waals surface area contributed by atoms with Gasteiger partial charge < -0.3 is 4.74 Å². The third-order valence-corrected chi connectivity index (χ3v) is 4.95. The molecule has 0 bridgehead atoms. The maximum Gasteiger partial charge on any atom is 0.0697 e. The average molecular weight is 248 g/mol. The molecular formula is C15H24N2O. The summed E-state index contributed by atoms with van der Waals surface area (Å²) in [6, 6.07) is 3.76. The highest BCUT2D eigenvalue weighted by Gasteiger charge is 2.43. The van der Waals surface area contributed by atoms with Crippen LogP contribution in [0.3, 0.4) is 0 Å². The van der Waals surface area contributed by atoms with Gasteiger partial charge in [-0.15, -0.1) is 0 Å². The lowest BCUT2D eigenvalue weighted by atomic mass is 9.88. The van der Waals surface area contributed by atoms with E-state index in [1.165, 1.54) is 51.4 Å². The summed E-state index contributed by atoms with van der Waals surface area (Å²) in [5.41, 5.74) is 0.211. The maximum absolute atomic E-state index is 8.82. The molecule has 2 saturated carbocycles. The smallest absolute Gasteiger partial charge is 0.0697 e. The Morgan fingerprint density at radius 1 is 1.17 bits per heavy atom. The summed E-state index contributed by atoms with van der Waals surface area (Å²) < 4.78 is 6.12. The Morgan fingerprint density at radius 2 is 1.94 bits per heavy atom. The van der Waals surface area contributed by atoms with Crippen LogP contribution in [-0.2, 0) is 4.74 Å². The molecular weight excluding hydrogens is 224 g/mol. The molecule has 0 radical (unpaired) electrons. The molecule has 0 aromatic heterocycles. The Hall–Kier alpha value is -0.590. The van der Waals surface area contributed by atoms with Gasteiger partial charge in [-0.2, -0.15) is 5.26 Å². The third kappa shape index (κ3) is 2.55. The summed E-state index contributed by atoms with van der Waals surface area (Å²) in [6.45, 7) is 1.91. The highest BCUT2D eigenvalue weighted by atomic mass is 16.5. The van der Waals surface area contributed by atoms with Gasteiger partial charge in [0.15, 0.2) is 0 Å². The molecule has 1 saturated heterocycles. The molecule has 3 fully saturated rings. The lowest BCUT2D eigenvalue weighted by Gasteiger charge is -2.43. The molecule has 0 aromatic rings. The molecule has 0 aromatic carbocycles. The maximum atomic E-state index is 8.82. The zero-order valence-corrected chi connectivity index (χ0v) is 11.2. The fourth-order valence-electron chi connectivity index (χ4n) is 3.90. The zero-order chi connectivity index (χ0) is 12.4. The molecule has 1 aliphatic heterocycles. The minimum atomic E-state index is 0.211. The fraction of sp³-hybridized carbons (Fsp3) is 0.933. The van der Waals surface area contributed by atoms with E-state index in [0.29, 0.717) is 12.5 Å². The second-order valence-corrected chi connectivity index (χ2v) is 6.26. The van der Waals surface area contributed by atoms with Crippen molar-refractivity contribution in [3.8, 4) is 6.07 Å². The van der Waals surface area contributed by atoms with Crippen LogP contribution in [0.15, 0.2) is 0 Å². The minimum Gasteiger partial charge on any atom is -0.375 e. The highest BCUT2D eigenvalue weighted by molar-refractivity contribution is 4.98. The first-order valence-corrected chi connectivity index (χ1v) is 7.60. The molecule has 1 unspecified atom stereocenters. The van der Waals surface area contributed by atoms with Crippen LogP contribution in [0.5, 0.6) is 0 Å². The Morgan fingerprint density at radius 3 is 2.61 bits per heavy atom. The van der Waals surface area contributed by atoms with Gasteiger partial charge in [0.2, 0.25) is 0 Å². The first-order chi connectivity index (χ1) is 8.83. The van der Waals surface area contributed by atoms with Crippen molar-refractivity contribution in [2.45, 2.75) is 75.5 Å². The topological polar surface area (TPSA) is 36.3 Å². The molecule has 0 amide bonds. The summed E-state index contributed by atoms with van der Waals surface area (Å²) in [5.74, 6) is 0. The highest BCUT2D eigenvalue weighted by Crippen LogP contribution is 2.43. The molecule has 100 valence electrons. The van der Waals surface area contributed by atoms with Gasteiger partial charge in [0, 0.05) is 31.7 Å². The van der Waals surface area contributed by atoms with E-state index < -0.39 is 0 Å². The second-order valence-electron chi connectivity index (χ2n) is 6.26. The summed E-state index contributed by atoms with van der Waals surface area (Å²) in [5, 5.41) is 8.82. The first kappa shape index (κ1) is 12.4. The summed E-state index contributed by atoms with van der Waals surface area (Å²) in [4.78, 5) is 2.63. The molecule has 1 spiro atoms. The molecule has 3 nitrogen and oxygen atoms in total. The van der Waals surface area contributed by atoms with Crippen molar-refractivity contribution in [3.05, 3.63) is 0 Å². The van der Waals surface area contributed by atoms with Crippen molar-refractivity contribution < 1.29 is 4.74 Å². The van der Waals surface area contributed by atoms with Gasteiger partial charge in [-0.1, -0.05) is 12.8 Å². The van der Waals surface area contributed by atoms with Crippen molar-refractivity contribution >= 4 is 0 Å². The van der Waals surface area contributed by atoms with Crippen LogP contribution in [0.4, 0.5) is 0 Å². The van der Waals surface area contributed by atoms with Crippen molar-refractivity contribution in [3.63, 3.8) is 0 Å². The van der Waals surface area contributed by atoms with Crippen LogP contribution in [-0.4, -0.2) is 35.7 Å². The first-order valence-electron chi connectivity index (χ1n) is 7.60. The van der Waals surface area contributed by atoms with Gasteiger partial charge in [0.1, 0.15) is 0 Å². The van der Waals surface area contributed by atoms with Crippen molar-refractivity contribution in [2.24, 2.45) is 0 Å². The third-order valence-electron chi connectivity index (χ3n) is 4.95. The number of ether oxygens (including phenoxy) is 1. The summed E-state index contributed by atoms with van der Waals surface area (Å²) in [6.07, 6.45) is 11.0. The summed E-state index contributed by atoms with van der Waals surface area (Å²) >= 11 is 0. The standard InChI is InChI=1S/C15H24N2O/c16-9-3-10-17(13-4-5-13)14-6-11-18-15(12-14)7-1-2-8-15/h13-14H,1-8,10-12H2. The number of rotatable bonds is 4. The van der Waals surface area contributed by atoms with Crippen LogP contribution in [0.25, 0.3) is 0 Å². The van der Waals surface area contributed by atoms with Gasteiger partial charge in [0.05, 0.1) is 11.7 Å². The second kappa shape index (κ2) is 5.19. The van der Waals surface area contributed by atoms with E-state index in [2.05, 4.69) is 11.0 Å².